The number of pyridine rings is 1. The second kappa shape index (κ2) is 9.64. The summed E-state index contributed by atoms with van der Waals surface area (Å²) in [5.41, 5.74) is 5.28. The van der Waals surface area contributed by atoms with Crippen molar-refractivity contribution < 1.29 is 4.39 Å². The predicted octanol–water partition coefficient (Wildman–Crippen LogP) is 4.45. The Morgan fingerprint density at radius 2 is 2.00 bits per heavy atom. The molecule has 1 aromatic carbocycles. The van der Waals surface area contributed by atoms with E-state index in [4.69, 9.17) is 5.26 Å². The highest BCUT2D eigenvalue weighted by Gasteiger charge is 2.37. The van der Waals surface area contributed by atoms with Crippen molar-refractivity contribution in [3.8, 4) is 6.07 Å². The van der Waals surface area contributed by atoms with E-state index in [1.807, 2.05) is 6.07 Å². The van der Waals surface area contributed by atoms with Crippen LogP contribution in [0.2, 0.25) is 0 Å². The molecule has 10 heteroatoms. The number of hydrogen-bond donors (Lipinski definition) is 0. The van der Waals surface area contributed by atoms with E-state index in [-0.39, 0.29) is 36.0 Å². The molecule has 0 saturated carbocycles. The summed E-state index contributed by atoms with van der Waals surface area (Å²) in [6.07, 6.45) is 3.52. The number of thiazole rings is 1. The van der Waals surface area contributed by atoms with Gasteiger partial charge in [0.05, 0.1) is 39.2 Å². The molecule has 8 nitrogen and oxygen atoms in total. The third-order valence-electron chi connectivity index (χ3n) is 7.56. The first-order valence-corrected chi connectivity index (χ1v) is 13.2. The molecule has 188 valence electrons. The Labute approximate surface area is 213 Å². The molecule has 4 heterocycles. The van der Waals surface area contributed by atoms with E-state index in [2.05, 4.69) is 46.7 Å². The summed E-state index contributed by atoms with van der Waals surface area (Å²) in [7, 11) is 1.73. The van der Waals surface area contributed by atoms with Gasteiger partial charge in [-0.2, -0.15) is 10.4 Å². The van der Waals surface area contributed by atoms with Crippen molar-refractivity contribution in [1.82, 2.24) is 24.2 Å². The summed E-state index contributed by atoms with van der Waals surface area (Å²) in [5, 5.41) is 13.8. The van der Waals surface area contributed by atoms with Gasteiger partial charge in [-0.1, -0.05) is 13.8 Å². The van der Waals surface area contributed by atoms with Crippen molar-refractivity contribution >= 4 is 38.3 Å². The fraction of sp³-hybridized carbons (Fsp3) is 0.462. The lowest BCUT2D eigenvalue weighted by molar-refractivity contribution is 0.0994. The fourth-order valence-corrected chi connectivity index (χ4v) is 6.17. The Bertz CT molecular complexity index is 1520. The molecule has 0 spiro atoms. The first kappa shape index (κ1) is 24.4. The smallest absolute Gasteiger partial charge is 0.252 e. The summed E-state index contributed by atoms with van der Waals surface area (Å²) in [6, 6.07) is 7.46. The SMILES string of the molecule is CC[C@H]1CN([C@@H](C)c2cc3scnc3cc2F)[C@H](CC)CN1c1cc(=O)n(C)c2cn(CC#N)nc12. The summed E-state index contributed by atoms with van der Waals surface area (Å²) in [4.78, 5) is 21.8. The van der Waals surface area contributed by atoms with Gasteiger partial charge in [-0.25, -0.2) is 9.37 Å². The number of benzene rings is 1. The minimum atomic E-state index is -0.220. The number of halogens is 1. The van der Waals surface area contributed by atoms with Crippen molar-refractivity contribution in [2.45, 2.75) is 58.3 Å². The lowest BCUT2D eigenvalue weighted by Gasteiger charge is -2.49. The molecule has 1 fully saturated rings. The van der Waals surface area contributed by atoms with Gasteiger partial charge in [0, 0.05) is 56.0 Å². The number of anilines is 1. The number of rotatable bonds is 6. The van der Waals surface area contributed by atoms with Crippen LogP contribution in [0.4, 0.5) is 10.1 Å². The molecule has 0 aliphatic carbocycles. The summed E-state index contributed by atoms with van der Waals surface area (Å²) < 4.78 is 19.3. The maximum Gasteiger partial charge on any atom is 0.252 e. The Balaban J connectivity index is 1.53. The average Bonchev–Trinajstić information content (AvgIpc) is 3.51. The Hall–Kier alpha value is -3.29. The highest BCUT2D eigenvalue weighted by atomic mass is 32.1. The Morgan fingerprint density at radius 1 is 1.22 bits per heavy atom. The normalized spacial score (nSPS) is 19.7. The topological polar surface area (TPSA) is 83.0 Å². The van der Waals surface area contributed by atoms with Crippen LogP contribution >= 0.6 is 11.3 Å². The van der Waals surface area contributed by atoms with Gasteiger partial charge in [0.2, 0.25) is 0 Å². The van der Waals surface area contributed by atoms with Gasteiger partial charge in [0.15, 0.2) is 0 Å². The van der Waals surface area contributed by atoms with Gasteiger partial charge < -0.3 is 9.47 Å². The van der Waals surface area contributed by atoms with E-state index in [1.165, 1.54) is 11.3 Å². The van der Waals surface area contributed by atoms with Crippen LogP contribution in [-0.4, -0.2) is 49.4 Å². The van der Waals surface area contributed by atoms with Gasteiger partial charge in [-0.3, -0.25) is 14.4 Å². The largest absolute Gasteiger partial charge is 0.364 e. The van der Waals surface area contributed by atoms with Gasteiger partial charge >= 0.3 is 0 Å². The molecule has 1 saturated heterocycles. The van der Waals surface area contributed by atoms with Crippen molar-refractivity contribution in [3.05, 3.63) is 51.6 Å². The van der Waals surface area contributed by atoms with Crippen LogP contribution in [0.1, 0.15) is 45.2 Å². The number of piperazine rings is 1. The maximum absolute atomic E-state index is 15.1. The number of nitriles is 1. The van der Waals surface area contributed by atoms with Gasteiger partial charge in [0.25, 0.3) is 5.56 Å². The van der Waals surface area contributed by atoms with Crippen LogP contribution in [0, 0.1) is 17.1 Å². The van der Waals surface area contributed by atoms with Crippen LogP contribution in [0.25, 0.3) is 21.3 Å². The quantitative estimate of drug-likeness (QED) is 0.384. The highest BCUT2D eigenvalue weighted by Crippen LogP contribution is 2.36. The second-order valence-electron chi connectivity index (χ2n) is 9.49. The number of hydrogen-bond acceptors (Lipinski definition) is 7. The molecule has 5 rings (SSSR count). The van der Waals surface area contributed by atoms with Crippen LogP contribution in [0.15, 0.2) is 34.7 Å². The molecule has 4 aromatic rings. The molecular formula is C26H30FN7OS. The Morgan fingerprint density at radius 3 is 2.72 bits per heavy atom. The zero-order valence-corrected chi connectivity index (χ0v) is 21.8. The second-order valence-corrected chi connectivity index (χ2v) is 10.4. The number of aromatic nitrogens is 4. The van der Waals surface area contributed by atoms with Crippen LogP contribution in [0.5, 0.6) is 0 Å². The molecule has 1 aliphatic heterocycles. The summed E-state index contributed by atoms with van der Waals surface area (Å²) in [6.45, 7) is 7.94. The van der Waals surface area contributed by atoms with Gasteiger partial charge in [-0.15, -0.1) is 11.3 Å². The van der Waals surface area contributed by atoms with E-state index in [0.717, 1.165) is 35.3 Å². The number of aryl methyl sites for hydroxylation is 1. The van der Waals surface area contributed by atoms with Gasteiger partial charge in [0.1, 0.15) is 17.9 Å². The van der Waals surface area contributed by atoms with Crippen LogP contribution < -0.4 is 10.5 Å². The number of fused-ring (bicyclic) bond motifs is 2. The third-order valence-corrected chi connectivity index (χ3v) is 8.35. The van der Waals surface area contributed by atoms with E-state index < -0.39 is 0 Å². The van der Waals surface area contributed by atoms with E-state index >= 15 is 4.39 Å². The molecule has 1 aliphatic rings. The minimum absolute atomic E-state index is 0.101. The van der Waals surface area contributed by atoms with Crippen LogP contribution in [-0.2, 0) is 13.6 Å². The predicted molar refractivity (Wildman–Crippen MR) is 141 cm³/mol. The van der Waals surface area contributed by atoms with Crippen molar-refractivity contribution in [1.29, 1.82) is 5.26 Å². The summed E-state index contributed by atoms with van der Waals surface area (Å²) in [5.74, 6) is -0.220. The van der Waals surface area contributed by atoms with E-state index in [1.54, 1.807) is 40.1 Å². The standard InChI is InChI=1S/C26H30FN7OS/c1-5-17-13-34(22-11-25(35)31(4)23-14-32(8-7-28)30-26(22)23)18(6-2)12-33(17)16(3)19-9-24-21(10-20(19)27)29-15-36-24/h9-11,14-18H,5-6,8,12-13H2,1-4H3/t16-,17+,18-/m0/s1. The third kappa shape index (κ3) is 4.06. The lowest BCUT2D eigenvalue weighted by atomic mass is 9.96. The molecule has 0 unspecified atom stereocenters. The monoisotopic (exact) mass is 507 g/mol. The molecule has 0 N–H and O–H groups in total. The highest BCUT2D eigenvalue weighted by molar-refractivity contribution is 7.16. The molecule has 3 atom stereocenters. The molecule has 3 aromatic heterocycles. The first-order chi connectivity index (χ1) is 17.4. The zero-order valence-electron chi connectivity index (χ0n) is 21.0. The Kier molecular flexibility index (Phi) is 6.53. The summed E-state index contributed by atoms with van der Waals surface area (Å²) >= 11 is 1.53. The van der Waals surface area contributed by atoms with Gasteiger partial charge in [-0.05, 0) is 25.8 Å². The van der Waals surface area contributed by atoms with Crippen molar-refractivity contribution in [3.63, 3.8) is 0 Å². The minimum Gasteiger partial charge on any atom is -0.364 e. The average molecular weight is 508 g/mol. The van der Waals surface area contributed by atoms with E-state index in [9.17, 15) is 4.79 Å². The molecule has 36 heavy (non-hydrogen) atoms. The molecule has 0 bridgehead atoms. The van der Waals surface area contributed by atoms with E-state index in [0.29, 0.717) is 23.1 Å². The van der Waals surface area contributed by atoms with Crippen molar-refractivity contribution in [2.24, 2.45) is 7.05 Å². The first-order valence-electron chi connectivity index (χ1n) is 12.3. The number of nitrogens with zero attached hydrogens (tertiary/aromatic N) is 7. The molecular weight excluding hydrogens is 477 g/mol. The molecule has 0 amide bonds. The maximum atomic E-state index is 15.1. The van der Waals surface area contributed by atoms with Crippen LogP contribution in [0.3, 0.4) is 0 Å². The lowest BCUT2D eigenvalue weighted by Crippen LogP contribution is -2.58. The zero-order chi connectivity index (χ0) is 25.6. The molecule has 0 radical (unpaired) electrons. The van der Waals surface area contributed by atoms with Crippen molar-refractivity contribution in [2.75, 3.05) is 18.0 Å². The fourth-order valence-electron chi connectivity index (χ4n) is 5.46.